The lowest BCUT2D eigenvalue weighted by atomic mass is 10.3. The maximum absolute atomic E-state index is 12.2. The minimum absolute atomic E-state index is 0.0985. The number of anilines is 1. The lowest BCUT2D eigenvalue weighted by Gasteiger charge is -2.16. The third-order valence-electron chi connectivity index (χ3n) is 3.43. The molecule has 0 radical (unpaired) electrons. The van der Waals surface area contributed by atoms with Crippen LogP contribution in [0.4, 0.5) is 5.82 Å². The maximum atomic E-state index is 12.2. The highest BCUT2D eigenvalue weighted by atomic mass is 16.5. The molecule has 116 valence electrons. The van der Waals surface area contributed by atoms with Crippen LogP contribution in [-0.4, -0.2) is 59.2 Å². The van der Waals surface area contributed by atoms with E-state index in [1.807, 2.05) is 19.0 Å². The van der Waals surface area contributed by atoms with Crippen LogP contribution in [-0.2, 0) is 0 Å². The van der Waals surface area contributed by atoms with Crippen molar-refractivity contribution in [3.63, 3.8) is 0 Å². The fourth-order valence-corrected chi connectivity index (χ4v) is 2.27. The van der Waals surface area contributed by atoms with Gasteiger partial charge in [0.15, 0.2) is 5.82 Å². The summed E-state index contributed by atoms with van der Waals surface area (Å²) >= 11 is 0. The molecule has 1 aliphatic heterocycles. The second-order valence-corrected chi connectivity index (χ2v) is 5.27. The van der Waals surface area contributed by atoms with E-state index in [2.05, 4.69) is 15.1 Å². The average Bonchev–Trinajstić information content (AvgIpc) is 3.18. The van der Waals surface area contributed by atoms with Crippen molar-refractivity contribution in [2.45, 2.75) is 12.5 Å². The number of nitrogens with zero attached hydrogens (tertiary/aromatic N) is 5. The van der Waals surface area contributed by atoms with Gasteiger partial charge in [-0.3, -0.25) is 9.78 Å². The predicted molar refractivity (Wildman–Crippen MR) is 77.8 cm³/mol. The molecule has 2 aromatic heterocycles. The molecule has 1 atom stereocenters. The summed E-state index contributed by atoms with van der Waals surface area (Å²) in [6.45, 7) is 1.11. The molecule has 3 rings (SSSR count). The SMILES string of the molecule is CN(C)c1cncc(O[C@H]2CCN(C(=O)c3ccno3)C2)n1. The highest BCUT2D eigenvalue weighted by Crippen LogP contribution is 2.19. The molecule has 1 fully saturated rings. The smallest absolute Gasteiger partial charge is 0.292 e. The van der Waals surface area contributed by atoms with E-state index in [4.69, 9.17) is 9.26 Å². The van der Waals surface area contributed by atoms with Gasteiger partial charge in [-0.15, -0.1) is 0 Å². The molecule has 1 saturated heterocycles. The first kappa shape index (κ1) is 14.3. The fourth-order valence-electron chi connectivity index (χ4n) is 2.27. The molecule has 1 amide bonds. The van der Waals surface area contributed by atoms with E-state index in [0.717, 1.165) is 12.2 Å². The molecule has 3 heterocycles. The normalized spacial score (nSPS) is 17.5. The van der Waals surface area contributed by atoms with E-state index in [1.165, 1.54) is 6.20 Å². The van der Waals surface area contributed by atoms with Gasteiger partial charge in [0.25, 0.3) is 5.91 Å². The summed E-state index contributed by atoms with van der Waals surface area (Å²) in [4.78, 5) is 24.2. The highest BCUT2D eigenvalue weighted by molar-refractivity contribution is 5.91. The van der Waals surface area contributed by atoms with Gasteiger partial charge in [-0.05, 0) is 0 Å². The summed E-state index contributed by atoms with van der Waals surface area (Å²) in [5, 5.41) is 3.55. The van der Waals surface area contributed by atoms with Gasteiger partial charge in [-0.1, -0.05) is 5.16 Å². The Balaban J connectivity index is 1.61. The molecular formula is C14H17N5O3. The van der Waals surface area contributed by atoms with Crippen molar-refractivity contribution in [1.82, 2.24) is 20.0 Å². The fraction of sp³-hybridized carbons (Fsp3) is 0.429. The molecule has 0 aromatic carbocycles. The lowest BCUT2D eigenvalue weighted by Crippen LogP contribution is -2.30. The summed E-state index contributed by atoms with van der Waals surface area (Å²) in [5.74, 6) is 1.27. The number of hydrogen-bond donors (Lipinski definition) is 0. The number of amides is 1. The number of carbonyl (C=O) groups excluding carboxylic acids is 1. The topological polar surface area (TPSA) is 84.6 Å². The quantitative estimate of drug-likeness (QED) is 0.826. The largest absolute Gasteiger partial charge is 0.471 e. The van der Waals surface area contributed by atoms with Crippen molar-refractivity contribution >= 4 is 11.7 Å². The molecule has 1 aliphatic rings. The Hall–Kier alpha value is -2.64. The van der Waals surface area contributed by atoms with Crippen LogP contribution in [0.2, 0.25) is 0 Å². The van der Waals surface area contributed by atoms with Crippen LogP contribution >= 0.6 is 0 Å². The van der Waals surface area contributed by atoms with Gasteiger partial charge in [0.2, 0.25) is 11.6 Å². The summed E-state index contributed by atoms with van der Waals surface area (Å²) < 4.78 is 10.7. The van der Waals surface area contributed by atoms with Crippen LogP contribution < -0.4 is 9.64 Å². The zero-order valence-electron chi connectivity index (χ0n) is 12.5. The molecule has 0 N–H and O–H groups in total. The standard InChI is InChI=1S/C14H17N5O3/c1-18(2)12-7-15-8-13(17-12)21-10-4-6-19(9-10)14(20)11-3-5-16-22-11/h3,5,7-8,10H,4,6,9H2,1-2H3/t10-/m0/s1. The predicted octanol–water partition coefficient (Wildman–Crippen LogP) is 0.824. The Morgan fingerprint density at radius 1 is 1.45 bits per heavy atom. The monoisotopic (exact) mass is 303 g/mol. The molecular weight excluding hydrogens is 286 g/mol. The molecule has 22 heavy (non-hydrogen) atoms. The Bertz CT molecular complexity index is 644. The van der Waals surface area contributed by atoms with Gasteiger partial charge in [-0.25, -0.2) is 0 Å². The highest BCUT2D eigenvalue weighted by Gasteiger charge is 2.30. The summed E-state index contributed by atoms with van der Waals surface area (Å²) in [6.07, 6.45) is 5.35. The number of rotatable bonds is 4. The second kappa shape index (κ2) is 6.00. The molecule has 0 spiro atoms. The lowest BCUT2D eigenvalue weighted by molar-refractivity contribution is 0.0730. The van der Waals surface area contributed by atoms with Crippen molar-refractivity contribution in [2.24, 2.45) is 0 Å². The molecule has 0 saturated carbocycles. The van der Waals surface area contributed by atoms with Crippen molar-refractivity contribution in [3.05, 3.63) is 30.4 Å². The first-order chi connectivity index (χ1) is 10.6. The van der Waals surface area contributed by atoms with Gasteiger partial charge in [-0.2, -0.15) is 4.98 Å². The summed E-state index contributed by atoms with van der Waals surface area (Å²) in [7, 11) is 3.78. The average molecular weight is 303 g/mol. The second-order valence-electron chi connectivity index (χ2n) is 5.27. The number of carbonyl (C=O) groups is 1. The number of likely N-dealkylation sites (tertiary alicyclic amines) is 1. The molecule has 8 nitrogen and oxygen atoms in total. The summed E-state index contributed by atoms with van der Waals surface area (Å²) in [6, 6.07) is 1.56. The number of ether oxygens (including phenoxy) is 1. The molecule has 0 bridgehead atoms. The van der Waals surface area contributed by atoms with Gasteiger partial charge in [0.1, 0.15) is 6.10 Å². The first-order valence-corrected chi connectivity index (χ1v) is 6.99. The Labute approximate surface area is 127 Å². The first-order valence-electron chi connectivity index (χ1n) is 6.99. The molecule has 0 unspecified atom stereocenters. The third-order valence-corrected chi connectivity index (χ3v) is 3.43. The van der Waals surface area contributed by atoms with Crippen LogP contribution in [0.1, 0.15) is 17.0 Å². The molecule has 2 aromatic rings. The van der Waals surface area contributed by atoms with Crippen LogP contribution in [0.3, 0.4) is 0 Å². The number of hydrogen-bond acceptors (Lipinski definition) is 7. The van der Waals surface area contributed by atoms with Gasteiger partial charge in [0, 0.05) is 33.1 Å². The van der Waals surface area contributed by atoms with E-state index in [-0.39, 0.29) is 17.8 Å². The zero-order valence-corrected chi connectivity index (χ0v) is 12.5. The van der Waals surface area contributed by atoms with Crippen molar-refractivity contribution in [3.8, 4) is 5.88 Å². The van der Waals surface area contributed by atoms with E-state index >= 15 is 0 Å². The van der Waals surface area contributed by atoms with Crippen LogP contribution in [0, 0.1) is 0 Å². The third kappa shape index (κ3) is 3.00. The van der Waals surface area contributed by atoms with E-state index < -0.39 is 0 Å². The Morgan fingerprint density at radius 3 is 3.05 bits per heavy atom. The Kier molecular flexibility index (Phi) is 3.90. The van der Waals surface area contributed by atoms with Crippen LogP contribution in [0.15, 0.2) is 29.2 Å². The zero-order chi connectivity index (χ0) is 15.5. The van der Waals surface area contributed by atoms with E-state index in [1.54, 1.807) is 23.4 Å². The molecule has 8 heteroatoms. The van der Waals surface area contributed by atoms with Crippen LogP contribution in [0.25, 0.3) is 0 Å². The summed E-state index contributed by atoms with van der Waals surface area (Å²) in [5.41, 5.74) is 0. The van der Waals surface area contributed by atoms with Crippen molar-refractivity contribution in [1.29, 1.82) is 0 Å². The van der Waals surface area contributed by atoms with Crippen molar-refractivity contribution < 1.29 is 14.1 Å². The van der Waals surface area contributed by atoms with E-state index in [0.29, 0.717) is 19.0 Å². The van der Waals surface area contributed by atoms with Gasteiger partial charge >= 0.3 is 0 Å². The minimum atomic E-state index is -0.170. The minimum Gasteiger partial charge on any atom is -0.471 e. The molecule has 0 aliphatic carbocycles. The maximum Gasteiger partial charge on any atom is 0.292 e. The van der Waals surface area contributed by atoms with Crippen LogP contribution in [0.5, 0.6) is 5.88 Å². The van der Waals surface area contributed by atoms with Crippen molar-refractivity contribution in [2.75, 3.05) is 32.1 Å². The van der Waals surface area contributed by atoms with Gasteiger partial charge < -0.3 is 19.1 Å². The van der Waals surface area contributed by atoms with Gasteiger partial charge in [0.05, 0.1) is 25.1 Å². The Morgan fingerprint density at radius 2 is 2.32 bits per heavy atom. The number of aromatic nitrogens is 3. The van der Waals surface area contributed by atoms with E-state index in [9.17, 15) is 4.79 Å².